The Bertz CT molecular complexity index is 410. The Labute approximate surface area is 113 Å². The average Bonchev–Trinajstić information content (AvgIpc) is 2.84. The van der Waals surface area contributed by atoms with Gasteiger partial charge in [0.2, 0.25) is 0 Å². The van der Waals surface area contributed by atoms with Gasteiger partial charge in [-0.15, -0.1) is 0 Å². The maximum absolute atomic E-state index is 9.24. The molecule has 2 atom stereocenters. The van der Waals surface area contributed by atoms with Crippen molar-refractivity contribution >= 4 is 0 Å². The molecular weight excluding hydrogens is 246 g/mol. The molecular formula is C14H21NO4. The second-order valence-electron chi connectivity index (χ2n) is 4.66. The van der Waals surface area contributed by atoms with Crippen LogP contribution in [0.4, 0.5) is 0 Å². The number of hydrogen-bond acceptors (Lipinski definition) is 5. The van der Waals surface area contributed by atoms with Gasteiger partial charge in [-0.05, 0) is 25.1 Å². The van der Waals surface area contributed by atoms with E-state index in [0.29, 0.717) is 12.4 Å². The number of fused-ring (bicyclic) bond motifs is 1. The van der Waals surface area contributed by atoms with Crippen LogP contribution in [0.3, 0.4) is 0 Å². The van der Waals surface area contributed by atoms with Crippen LogP contribution in [0.15, 0.2) is 18.2 Å². The molecule has 106 valence electrons. The van der Waals surface area contributed by atoms with Crippen molar-refractivity contribution in [1.82, 2.24) is 5.32 Å². The molecule has 5 nitrogen and oxygen atoms in total. The van der Waals surface area contributed by atoms with Gasteiger partial charge in [0.15, 0.2) is 0 Å². The summed E-state index contributed by atoms with van der Waals surface area (Å²) in [4.78, 5) is 0. The highest BCUT2D eigenvalue weighted by atomic mass is 16.5. The van der Waals surface area contributed by atoms with Gasteiger partial charge in [-0.25, -0.2) is 0 Å². The van der Waals surface area contributed by atoms with Gasteiger partial charge in [0.1, 0.15) is 30.8 Å². The van der Waals surface area contributed by atoms with E-state index in [0.717, 1.165) is 24.3 Å². The van der Waals surface area contributed by atoms with E-state index in [1.165, 1.54) is 0 Å². The van der Waals surface area contributed by atoms with Crippen molar-refractivity contribution in [2.24, 2.45) is 0 Å². The molecule has 0 bridgehead atoms. The molecule has 0 saturated carbocycles. The number of aliphatic hydroxyl groups is 2. The first-order chi connectivity index (χ1) is 9.24. The third kappa shape index (κ3) is 3.59. The van der Waals surface area contributed by atoms with Gasteiger partial charge < -0.3 is 25.0 Å². The molecule has 0 aromatic heterocycles. The molecule has 1 aliphatic rings. The van der Waals surface area contributed by atoms with Crippen LogP contribution in [-0.4, -0.2) is 42.7 Å². The van der Waals surface area contributed by atoms with Crippen LogP contribution in [0.25, 0.3) is 0 Å². The fourth-order valence-corrected chi connectivity index (χ4v) is 2.01. The van der Waals surface area contributed by atoms with E-state index in [9.17, 15) is 5.11 Å². The summed E-state index contributed by atoms with van der Waals surface area (Å²) in [6.45, 7) is 3.51. The molecule has 1 aromatic carbocycles. The number of ether oxygens (including phenoxy) is 2. The number of hydrogen-bond donors (Lipinski definition) is 3. The Morgan fingerprint density at radius 2 is 2.37 bits per heavy atom. The summed E-state index contributed by atoms with van der Waals surface area (Å²) >= 11 is 0. The quantitative estimate of drug-likeness (QED) is 0.683. The van der Waals surface area contributed by atoms with Gasteiger partial charge in [0.05, 0.1) is 12.6 Å². The minimum atomic E-state index is -0.854. The standard InChI is InChI=1S/C14H21NO4/c1-2-5-15-13-9-19-14-6-11(3-4-12(13)14)18-8-10(17)7-16/h3-4,6,10,13,15-17H,2,5,7-9H2,1H3. The predicted octanol–water partition coefficient (Wildman–Crippen LogP) is 0.852. The molecule has 1 heterocycles. The van der Waals surface area contributed by atoms with E-state index in [-0.39, 0.29) is 19.3 Å². The topological polar surface area (TPSA) is 71.0 Å². The van der Waals surface area contributed by atoms with Crippen LogP contribution in [0.5, 0.6) is 11.5 Å². The van der Waals surface area contributed by atoms with Crippen molar-refractivity contribution < 1.29 is 19.7 Å². The first-order valence-corrected chi connectivity index (χ1v) is 6.66. The molecule has 0 aliphatic carbocycles. The molecule has 0 saturated heterocycles. The van der Waals surface area contributed by atoms with E-state index in [2.05, 4.69) is 12.2 Å². The highest BCUT2D eigenvalue weighted by Gasteiger charge is 2.23. The third-order valence-electron chi connectivity index (χ3n) is 3.06. The number of rotatable bonds is 7. The van der Waals surface area contributed by atoms with Gasteiger partial charge in [-0.1, -0.05) is 6.92 Å². The molecule has 5 heteroatoms. The van der Waals surface area contributed by atoms with Crippen LogP contribution in [0.1, 0.15) is 24.9 Å². The lowest BCUT2D eigenvalue weighted by Gasteiger charge is -2.12. The van der Waals surface area contributed by atoms with Gasteiger partial charge in [0, 0.05) is 11.6 Å². The summed E-state index contributed by atoms with van der Waals surface area (Å²) in [6.07, 6.45) is 0.236. The van der Waals surface area contributed by atoms with E-state index >= 15 is 0 Å². The van der Waals surface area contributed by atoms with Crippen molar-refractivity contribution in [3.63, 3.8) is 0 Å². The SMILES string of the molecule is CCCNC1COc2cc(OCC(O)CO)ccc21. The Morgan fingerprint density at radius 1 is 1.53 bits per heavy atom. The van der Waals surface area contributed by atoms with Gasteiger partial charge in [0.25, 0.3) is 0 Å². The fraction of sp³-hybridized carbons (Fsp3) is 0.571. The van der Waals surface area contributed by atoms with Crippen LogP contribution in [0.2, 0.25) is 0 Å². The Kier molecular flexibility index (Phi) is 5.01. The second kappa shape index (κ2) is 6.75. The van der Waals surface area contributed by atoms with E-state index < -0.39 is 6.10 Å². The third-order valence-corrected chi connectivity index (χ3v) is 3.06. The number of nitrogens with one attached hydrogen (secondary N) is 1. The van der Waals surface area contributed by atoms with Crippen molar-refractivity contribution in [3.05, 3.63) is 23.8 Å². The maximum atomic E-state index is 9.24. The monoisotopic (exact) mass is 267 g/mol. The van der Waals surface area contributed by atoms with Gasteiger partial charge in [-0.2, -0.15) is 0 Å². The Balaban J connectivity index is 1.97. The van der Waals surface area contributed by atoms with Crippen LogP contribution in [0, 0.1) is 0 Å². The summed E-state index contributed by atoms with van der Waals surface area (Å²) in [5.74, 6) is 1.46. The minimum Gasteiger partial charge on any atom is -0.491 e. The zero-order valence-corrected chi connectivity index (χ0v) is 11.1. The van der Waals surface area contributed by atoms with Crippen molar-refractivity contribution in [2.75, 3.05) is 26.4 Å². The molecule has 1 aromatic rings. The molecule has 3 N–H and O–H groups in total. The normalized spacial score (nSPS) is 18.8. The molecule has 19 heavy (non-hydrogen) atoms. The smallest absolute Gasteiger partial charge is 0.127 e. The lowest BCUT2D eigenvalue weighted by Crippen LogP contribution is -2.23. The summed E-state index contributed by atoms with van der Waals surface area (Å²) in [7, 11) is 0. The van der Waals surface area contributed by atoms with Crippen LogP contribution in [-0.2, 0) is 0 Å². The molecule has 0 radical (unpaired) electrons. The molecule has 2 unspecified atom stereocenters. The van der Waals surface area contributed by atoms with E-state index in [1.54, 1.807) is 0 Å². The molecule has 0 spiro atoms. The largest absolute Gasteiger partial charge is 0.491 e. The average molecular weight is 267 g/mol. The first-order valence-electron chi connectivity index (χ1n) is 6.66. The zero-order valence-electron chi connectivity index (χ0n) is 11.1. The highest BCUT2D eigenvalue weighted by Crippen LogP contribution is 2.35. The van der Waals surface area contributed by atoms with Crippen LogP contribution < -0.4 is 14.8 Å². The lowest BCUT2D eigenvalue weighted by molar-refractivity contribution is 0.0535. The molecule has 0 amide bonds. The lowest BCUT2D eigenvalue weighted by atomic mass is 10.1. The minimum absolute atomic E-state index is 0.0762. The van der Waals surface area contributed by atoms with E-state index in [1.807, 2.05) is 18.2 Å². The Hall–Kier alpha value is -1.30. The Morgan fingerprint density at radius 3 is 3.11 bits per heavy atom. The molecule has 1 aliphatic heterocycles. The van der Waals surface area contributed by atoms with Crippen molar-refractivity contribution in [2.45, 2.75) is 25.5 Å². The highest BCUT2D eigenvalue weighted by molar-refractivity contribution is 5.45. The molecule has 0 fully saturated rings. The van der Waals surface area contributed by atoms with Gasteiger partial charge >= 0.3 is 0 Å². The number of benzene rings is 1. The van der Waals surface area contributed by atoms with E-state index in [4.69, 9.17) is 14.6 Å². The number of aliphatic hydroxyl groups excluding tert-OH is 2. The summed E-state index contributed by atoms with van der Waals surface area (Å²) in [6, 6.07) is 5.91. The zero-order chi connectivity index (χ0) is 13.7. The summed E-state index contributed by atoms with van der Waals surface area (Å²) in [5.41, 5.74) is 1.14. The molecule has 2 rings (SSSR count). The predicted molar refractivity (Wildman–Crippen MR) is 71.6 cm³/mol. The van der Waals surface area contributed by atoms with Crippen molar-refractivity contribution in [3.8, 4) is 11.5 Å². The summed E-state index contributed by atoms with van der Waals surface area (Å²) < 4.78 is 11.0. The van der Waals surface area contributed by atoms with Crippen molar-refractivity contribution in [1.29, 1.82) is 0 Å². The van der Waals surface area contributed by atoms with Gasteiger partial charge in [-0.3, -0.25) is 0 Å². The first kappa shape index (κ1) is 14.1. The van der Waals surface area contributed by atoms with Crippen LogP contribution >= 0.6 is 0 Å². The summed E-state index contributed by atoms with van der Waals surface area (Å²) in [5, 5.41) is 21.4. The maximum Gasteiger partial charge on any atom is 0.127 e. The second-order valence-corrected chi connectivity index (χ2v) is 4.66. The fourth-order valence-electron chi connectivity index (χ4n) is 2.01.